The van der Waals surface area contributed by atoms with Crippen LogP contribution in [0.2, 0.25) is 0 Å². The molecule has 1 aromatic carbocycles. The van der Waals surface area contributed by atoms with Crippen molar-refractivity contribution < 1.29 is 9.53 Å². The average Bonchev–Trinajstić information content (AvgIpc) is 2.23. The molecule has 1 atom stereocenters. The Labute approximate surface area is 95.7 Å². The highest BCUT2D eigenvalue weighted by molar-refractivity contribution is 5.86. The van der Waals surface area contributed by atoms with Crippen molar-refractivity contribution in [1.82, 2.24) is 0 Å². The molecule has 84 valence electrons. The fourth-order valence-corrected chi connectivity index (χ4v) is 1.72. The first kappa shape index (κ1) is 12.3. The maximum atomic E-state index is 11.3. The van der Waals surface area contributed by atoms with Gasteiger partial charge in [-0.25, -0.2) is 0 Å². The molecule has 0 radical (unpaired) electrons. The van der Waals surface area contributed by atoms with Gasteiger partial charge in [-0.1, -0.05) is 6.07 Å². The van der Waals surface area contributed by atoms with E-state index in [1.54, 1.807) is 7.11 Å². The first-order chi connectivity index (χ1) is 7.51. The van der Waals surface area contributed by atoms with Gasteiger partial charge in [0.25, 0.3) is 0 Å². The number of aryl methyl sites for hydroxylation is 2. The molecule has 0 N–H and O–H groups in total. The zero-order valence-electron chi connectivity index (χ0n) is 10.00. The lowest BCUT2D eigenvalue weighted by Crippen LogP contribution is -2.08. The molecule has 0 fully saturated rings. The molecule has 0 aromatic heterocycles. The summed E-state index contributed by atoms with van der Waals surface area (Å²) in [5, 5.41) is 8.99. The monoisotopic (exact) mass is 217 g/mol. The normalized spacial score (nSPS) is 11.7. The topological polar surface area (TPSA) is 50.1 Å². The van der Waals surface area contributed by atoms with Gasteiger partial charge >= 0.3 is 0 Å². The van der Waals surface area contributed by atoms with E-state index in [0.29, 0.717) is 0 Å². The third-order valence-corrected chi connectivity index (χ3v) is 2.63. The van der Waals surface area contributed by atoms with Gasteiger partial charge < -0.3 is 4.74 Å². The van der Waals surface area contributed by atoms with E-state index in [2.05, 4.69) is 0 Å². The van der Waals surface area contributed by atoms with E-state index in [1.165, 1.54) is 6.92 Å². The van der Waals surface area contributed by atoms with Crippen LogP contribution >= 0.6 is 0 Å². The lowest BCUT2D eigenvalue weighted by Gasteiger charge is -2.13. The number of rotatable bonds is 3. The lowest BCUT2D eigenvalue weighted by molar-refractivity contribution is -0.117. The van der Waals surface area contributed by atoms with Gasteiger partial charge in [0.2, 0.25) is 0 Å². The number of methoxy groups -OCH3 is 1. The van der Waals surface area contributed by atoms with Gasteiger partial charge in [0.05, 0.1) is 13.2 Å². The zero-order valence-corrected chi connectivity index (χ0v) is 10.00. The summed E-state index contributed by atoms with van der Waals surface area (Å²) < 4.78 is 5.19. The second-order valence-electron chi connectivity index (χ2n) is 3.85. The molecule has 3 heteroatoms. The number of ketones is 1. The van der Waals surface area contributed by atoms with Crippen LogP contribution in [0.15, 0.2) is 12.1 Å². The number of ether oxygens (including phenoxy) is 1. The molecule has 0 heterocycles. The van der Waals surface area contributed by atoms with Gasteiger partial charge in [-0.2, -0.15) is 5.26 Å². The fourth-order valence-electron chi connectivity index (χ4n) is 1.72. The third kappa shape index (κ3) is 2.22. The van der Waals surface area contributed by atoms with Crippen LogP contribution in [0.5, 0.6) is 5.75 Å². The highest BCUT2D eigenvalue weighted by atomic mass is 16.5. The molecule has 0 unspecified atom stereocenters. The summed E-state index contributed by atoms with van der Waals surface area (Å²) in [5.41, 5.74) is 2.61. The number of Topliss-reactive ketones (excluding diaryl/α,β-unsaturated/α-hetero) is 1. The van der Waals surface area contributed by atoms with Crippen LogP contribution in [0, 0.1) is 25.2 Å². The van der Waals surface area contributed by atoms with Gasteiger partial charge in [0.1, 0.15) is 11.7 Å². The van der Waals surface area contributed by atoms with E-state index < -0.39 is 5.92 Å². The molecule has 0 bridgehead atoms. The van der Waals surface area contributed by atoms with E-state index in [-0.39, 0.29) is 5.78 Å². The Hall–Kier alpha value is -1.82. The minimum absolute atomic E-state index is 0.129. The van der Waals surface area contributed by atoms with Gasteiger partial charge in [-0.15, -0.1) is 0 Å². The largest absolute Gasteiger partial charge is 0.496 e. The van der Waals surface area contributed by atoms with E-state index in [9.17, 15) is 4.79 Å². The van der Waals surface area contributed by atoms with Crippen molar-refractivity contribution in [3.05, 3.63) is 28.8 Å². The first-order valence-electron chi connectivity index (χ1n) is 5.06. The van der Waals surface area contributed by atoms with Crippen LogP contribution in [0.4, 0.5) is 0 Å². The van der Waals surface area contributed by atoms with Crippen LogP contribution < -0.4 is 4.74 Å². The third-order valence-electron chi connectivity index (χ3n) is 2.63. The predicted molar refractivity (Wildman–Crippen MR) is 61.5 cm³/mol. The van der Waals surface area contributed by atoms with Crippen molar-refractivity contribution >= 4 is 5.78 Å². The summed E-state index contributed by atoms with van der Waals surface area (Å²) in [6.07, 6.45) is 0. The van der Waals surface area contributed by atoms with E-state index in [0.717, 1.165) is 22.4 Å². The fraction of sp³-hybridized carbons (Fsp3) is 0.385. The summed E-state index contributed by atoms with van der Waals surface area (Å²) in [6, 6.07) is 5.74. The number of hydrogen-bond acceptors (Lipinski definition) is 3. The second-order valence-corrected chi connectivity index (χ2v) is 3.85. The number of carbonyl (C=O) groups is 1. The minimum atomic E-state index is -0.676. The van der Waals surface area contributed by atoms with Gasteiger partial charge in [0, 0.05) is 0 Å². The van der Waals surface area contributed by atoms with Crippen LogP contribution in [-0.2, 0) is 4.79 Å². The molecule has 16 heavy (non-hydrogen) atoms. The Morgan fingerprint density at radius 1 is 1.38 bits per heavy atom. The van der Waals surface area contributed by atoms with Crippen LogP contribution in [-0.4, -0.2) is 12.9 Å². The van der Waals surface area contributed by atoms with Crippen molar-refractivity contribution in [2.24, 2.45) is 0 Å². The maximum absolute atomic E-state index is 11.3. The average molecular weight is 217 g/mol. The number of hydrogen-bond donors (Lipinski definition) is 0. The van der Waals surface area contributed by atoms with Gasteiger partial charge in [0.15, 0.2) is 5.78 Å². The Morgan fingerprint density at radius 3 is 2.44 bits per heavy atom. The summed E-state index contributed by atoms with van der Waals surface area (Å²) in [7, 11) is 1.61. The van der Waals surface area contributed by atoms with Gasteiger partial charge in [-0.05, 0) is 43.5 Å². The van der Waals surface area contributed by atoms with Crippen LogP contribution in [0.25, 0.3) is 0 Å². The first-order valence-corrected chi connectivity index (χ1v) is 5.06. The standard InChI is InChI=1S/C13H15NO2/c1-8-6-13(16-4)9(2)5-11(8)12(7-14)10(3)15/h5-6,12H,1-4H3/t12-/m0/s1. The number of benzene rings is 1. The molecule has 0 aliphatic heterocycles. The molecule has 1 rings (SSSR count). The van der Waals surface area contributed by atoms with E-state index in [1.807, 2.05) is 32.0 Å². The Bertz CT molecular complexity index is 458. The maximum Gasteiger partial charge on any atom is 0.151 e. The van der Waals surface area contributed by atoms with Crippen molar-refractivity contribution in [2.45, 2.75) is 26.7 Å². The minimum Gasteiger partial charge on any atom is -0.496 e. The zero-order chi connectivity index (χ0) is 12.3. The summed E-state index contributed by atoms with van der Waals surface area (Å²) in [4.78, 5) is 11.3. The molecular weight excluding hydrogens is 202 g/mol. The SMILES string of the molecule is COc1cc(C)c([C@@H](C#N)C(C)=O)cc1C. The number of carbonyl (C=O) groups excluding carboxylic acids is 1. The molecular formula is C13H15NO2. The van der Waals surface area contributed by atoms with Crippen molar-refractivity contribution in [3.63, 3.8) is 0 Å². The smallest absolute Gasteiger partial charge is 0.151 e. The molecule has 0 saturated carbocycles. The summed E-state index contributed by atoms with van der Waals surface area (Å²) in [5.74, 6) is -0.0266. The highest BCUT2D eigenvalue weighted by Gasteiger charge is 2.19. The number of nitrogens with zero attached hydrogens (tertiary/aromatic N) is 1. The summed E-state index contributed by atoms with van der Waals surface area (Å²) >= 11 is 0. The Balaban J connectivity index is 3.31. The highest BCUT2D eigenvalue weighted by Crippen LogP contribution is 2.27. The molecule has 1 aromatic rings. The summed E-state index contributed by atoms with van der Waals surface area (Å²) in [6.45, 7) is 5.22. The van der Waals surface area contributed by atoms with E-state index in [4.69, 9.17) is 10.00 Å². The Kier molecular flexibility index (Phi) is 3.68. The number of nitriles is 1. The van der Waals surface area contributed by atoms with Crippen molar-refractivity contribution in [1.29, 1.82) is 5.26 Å². The quantitative estimate of drug-likeness (QED) is 0.781. The molecule has 0 aliphatic carbocycles. The van der Waals surface area contributed by atoms with Crippen molar-refractivity contribution in [3.8, 4) is 11.8 Å². The van der Waals surface area contributed by atoms with E-state index >= 15 is 0 Å². The second kappa shape index (κ2) is 4.80. The lowest BCUT2D eigenvalue weighted by atomic mass is 9.91. The molecule has 0 saturated heterocycles. The van der Waals surface area contributed by atoms with Crippen molar-refractivity contribution in [2.75, 3.05) is 7.11 Å². The molecule has 3 nitrogen and oxygen atoms in total. The van der Waals surface area contributed by atoms with Crippen LogP contribution in [0.3, 0.4) is 0 Å². The van der Waals surface area contributed by atoms with Gasteiger partial charge in [-0.3, -0.25) is 4.79 Å². The Morgan fingerprint density at radius 2 is 2.00 bits per heavy atom. The van der Waals surface area contributed by atoms with Crippen LogP contribution in [0.1, 0.15) is 29.5 Å². The molecule has 0 spiro atoms. The predicted octanol–water partition coefficient (Wildman–Crippen LogP) is 2.51. The molecule has 0 aliphatic rings. The molecule has 0 amide bonds.